The predicted octanol–water partition coefficient (Wildman–Crippen LogP) is 3.27. The van der Waals surface area contributed by atoms with Crippen LogP contribution in [0.4, 0.5) is 0 Å². The van der Waals surface area contributed by atoms with Gasteiger partial charge in [0.15, 0.2) is 0 Å². The highest BCUT2D eigenvalue weighted by Gasteiger charge is 2.15. The van der Waals surface area contributed by atoms with Crippen molar-refractivity contribution >= 4 is 6.08 Å². The third-order valence-electron chi connectivity index (χ3n) is 4.60. The van der Waals surface area contributed by atoms with Crippen molar-refractivity contribution in [2.24, 2.45) is 0 Å². The van der Waals surface area contributed by atoms with Crippen molar-refractivity contribution in [3.8, 4) is 11.8 Å². The lowest BCUT2D eigenvalue weighted by molar-refractivity contribution is 0.125. The maximum absolute atomic E-state index is 8.80. The fourth-order valence-electron chi connectivity index (χ4n) is 3.02. The third kappa shape index (κ3) is 5.73. The van der Waals surface area contributed by atoms with Crippen molar-refractivity contribution in [3.05, 3.63) is 71.8 Å². The van der Waals surface area contributed by atoms with Gasteiger partial charge < -0.3 is 4.74 Å². The summed E-state index contributed by atoms with van der Waals surface area (Å²) in [5.41, 5.74) is 1.92. The lowest BCUT2D eigenvalue weighted by atomic mass is 10.2. The largest absolute Gasteiger partial charge is 0.492 e. The quantitative estimate of drug-likeness (QED) is 0.771. The fraction of sp³-hybridized carbons (Fsp3) is 0.318. The zero-order chi connectivity index (χ0) is 18.0. The van der Waals surface area contributed by atoms with Crippen molar-refractivity contribution in [2.45, 2.75) is 0 Å². The smallest absolute Gasteiger partial charge is 0.119 e. The van der Waals surface area contributed by atoms with Crippen molar-refractivity contribution in [1.29, 1.82) is 5.26 Å². The standard InChI is InChI=1S/C22H25N3O/c23-19-21-8-10-22(11-9-21)26-18-17-25-15-13-24(14-16-25)12-4-7-20-5-2-1-3-6-20/h1-11H,12-18H2/b7-4+. The Bertz CT molecular complexity index is 726. The molecule has 0 aromatic heterocycles. The molecule has 1 fully saturated rings. The summed E-state index contributed by atoms with van der Waals surface area (Å²) in [6.07, 6.45) is 4.44. The molecule has 1 saturated heterocycles. The summed E-state index contributed by atoms with van der Waals surface area (Å²) >= 11 is 0. The first kappa shape index (κ1) is 18.2. The van der Waals surface area contributed by atoms with E-state index in [4.69, 9.17) is 10.00 Å². The van der Waals surface area contributed by atoms with Crippen molar-refractivity contribution in [1.82, 2.24) is 9.80 Å². The van der Waals surface area contributed by atoms with E-state index in [9.17, 15) is 0 Å². The van der Waals surface area contributed by atoms with E-state index in [1.807, 2.05) is 18.2 Å². The Hall–Kier alpha value is -2.61. The van der Waals surface area contributed by atoms with Gasteiger partial charge in [-0.3, -0.25) is 9.80 Å². The van der Waals surface area contributed by atoms with Crippen molar-refractivity contribution in [2.75, 3.05) is 45.9 Å². The van der Waals surface area contributed by atoms with E-state index in [1.54, 1.807) is 12.1 Å². The summed E-state index contributed by atoms with van der Waals surface area (Å²) in [4.78, 5) is 4.93. The van der Waals surface area contributed by atoms with Crippen LogP contribution in [-0.4, -0.2) is 55.7 Å². The number of hydrogen-bond acceptors (Lipinski definition) is 4. The van der Waals surface area contributed by atoms with Gasteiger partial charge in [-0.2, -0.15) is 5.26 Å². The minimum absolute atomic E-state index is 0.662. The van der Waals surface area contributed by atoms with E-state index < -0.39 is 0 Å². The molecule has 0 spiro atoms. The van der Waals surface area contributed by atoms with Crippen LogP contribution in [0.2, 0.25) is 0 Å². The van der Waals surface area contributed by atoms with Crippen LogP contribution < -0.4 is 4.74 Å². The molecule has 0 atom stereocenters. The monoisotopic (exact) mass is 347 g/mol. The lowest BCUT2D eigenvalue weighted by Crippen LogP contribution is -2.47. The maximum Gasteiger partial charge on any atom is 0.119 e. The second kappa shape index (κ2) is 9.76. The van der Waals surface area contributed by atoms with Crippen LogP contribution in [0.3, 0.4) is 0 Å². The maximum atomic E-state index is 8.80. The first-order valence-electron chi connectivity index (χ1n) is 9.13. The first-order valence-corrected chi connectivity index (χ1v) is 9.13. The third-order valence-corrected chi connectivity index (χ3v) is 4.60. The summed E-state index contributed by atoms with van der Waals surface area (Å²) in [6, 6.07) is 19.8. The normalized spacial score (nSPS) is 15.8. The molecule has 1 aliphatic rings. The molecule has 134 valence electrons. The van der Waals surface area contributed by atoms with Gasteiger partial charge in [0.25, 0.3) is 0 Å². The van der Waals surface area contributed by atoms with E-state index in [-0.39, 0.29) is 0 Å². The molecular formula is C22H25N3O. The number of hydrogen-bond donors (Lipinski definition) is 0. The molecule has 0 amide bonds. The van der Waals surface area contributed by atoms with Crippen LogP contribution in [0, 0.1) is 11.3 Å². The SMILES string of the molecule is N#Cc1ccc(OCCN2CCN(C/C=C/c3ccccc3)CC2)cc1. The summed E-state index contributed by atoms with van der Waals surface area (Å²) in [7, 11) is 0. The molecule has 4 heteroatoms. The van der Waals surface area contributed by atoms with Gasteiger partial charge in [0, 0.05) is 39.3 Å². The van der Waals surface area contributed by atoms with Crippen LogP contribution in [0.25, 0.3) is 6.08 Å². The molecule has 3 rings (SSSR count). The number of piperazine rings is 1. The zero-order valence-electron chi connectivity index (χ0n) is 15.1. The van der Waals surface area contributed by atoms with E-state index >= 15 is 0 Å². The number of nitriles is 1. The molecule has 0 saturated carbocycles. The average Bonchev–Trinajstić information content (AvgIpc) is 2.70. The van der Waals surface area contributed by atoms with Gasteiger partial charge in [0.05, 0.1) is 11.6 Å². The second-order valence-electron chi connectivity index (χ2n) is 6.44. The van der Waals surface area contributed by atoms with Crippen LogP contribution in [0.15, 0.2) is 60.7 Å². The van der Waals surface area contributed by atoms with Gasteiger partial charge in [0.1, 0.15) is 12.4 Å². The Kier molecular flexibility index (Phi) is 6.83. The zero-order valence-corrected chi connectivity index (χ0v) is 15.1. The Morgan fingerprint density at radius 3 is 2.31 bits per heavy atom. The van der Waals surface area contributed by atoms with Gasteiger partial charge in [-0.1, -0.05) is 42.5 Å². The summed E-state index contributed by atoms with van der Waals surface area (Å²) < 4.78 is 5.77. The molecule has 1 heterocycles. The first-order chi connectivity index (χ1) is 12.8. The number of ether oxygens (including phenoxy) is 1. The van der Waals surface area contributed by atoms with Crippen LogP contribution in [0.1, 0.15) is 11.1 Å². The molecule has 2 aromatic rings. The summed E-state index contributed by atoms with van der Waals surface area (Å²) in [5, 5.41) is 8.80. The van der Waals surface area contributed by atoms with Gasteiger partial charge >= 0.3 is 0 Å². The number of nitrogens with zero attached hydrogens (tertiary/aromatic N) is 3. The highest BCUT2D eigenvalue weighted by atomic mass is 16.5. The molecule has 1 aliphatic heterocycles. The Morgan fingerprint density at radius 2 is 1.62 bits per heavy atom. The molecular weight excluding hydrogens is 322 g/mol. The number of rotatable bonds is 7. The average molecular weight is 347 g/mol. The van der Waals surface area contributed by atoms with Crippen LogP contribution in [-0.2, 0) is 0 Å². The van der Waals surface area contributed by atoms with Crippen LogP contribution >= 0.6 is 0 Å². The van der Waals surface area contributed by atoms with Crippen molar-refractivity contribution < 1.29 is 4.74 Å². The molecule has 0 N–H and O–H groups in total. The molecule has 2 aromatic carbocycles. The van der Waals surface area contributed by atoms with Gasteiger partial charge in [0.2, 0.25) is 0 Å². The molecule has 0 bridgehead atoms. The van der Waals surface area contributed by atoms with E-state index in [0.29, 0.717) is 12.2 Å². The van der Waals surface area contributed by atoms with Crippen molar-refractivity contribution in [3.63, 3.8) is 0 Å². The minimum Gasteiger partial charge on any atom is -0.492 e. The minimum atomic E-state index is 0.662. The topological polar surface area (TPSA) is 39.5 Å². The van der Waals surface area contributed by atoms with E-state index in [1.165, 1.54) is 5.56 Å². The van der Waals surface area contributed by atoms with Gasteiger partial charge in [-0.25, -0.2) is 0 Å². The molecule has 4 nitrogen and oxygen atoms in total. The van der Waals surface area contributed by atoms with Gasteiger partial charge in [-0.15, -0.1) is 0 Å². The van der Waals surface area contributed by atoms with E-state index in [0.717, 1.165) is 45.0 Å². The Labute approximate surface area is 155 Å². The van der Waals surface area contributed by atoms with Crippen LogP contribution in [0.5, 0.6) is 5.75 Å². The molecule has 0 radical (unpaired) electrons. The highest BCUT2D eigenvalue weighted by Crippen LogP contribution is 2.11. The molecule has 26 heavy (non-hydrogen) atoms. The molecule has 0 unspecified atom stereocenters. The molecule has 0 aliphatic carbocycles. The number of benzene rings is 2. The highest BCUT2D eigenvalue weighted by molar-refractivity contribution is 5.48. The Morgan fingerprint density at radius 1 is 0.923 bits per heavy atom. The van der Waals surface area contributed by atoms with Gasteiger partial charge in [-0.05, 0) is 29.8 Å². The fourth-order valence-corrected chi connectivity index (χ4v) is 3.02. The Balaban J connectivity index is 1.32. The second-order valence-corrected chi connectivity index (χ2v) is 6.44. The summed E-state index contributed by atoms with van der Waals surface area (Å²) in [5.74, 6) is 0.827. The lowest BCUT2D eigenvalue weighted by Gasteiger charge is -2.34. The predicted molar refractivity (Wildman–Crippen MR) is 105 cm³/mol. The van der Waals surface area contributed by atoms with E-state index in [2.05, 4.69) is 52.3 Å². The summed E-state index contributed by atoms with van der Waals surface area (Å²) in [6.45, 7) is 6.97.